The molecule has 2 aromatic carbocycles. The second kappa shape index (κ2) is 9.79. The van der Waals surface area contributed by atoms with Crippen molar-refractivity contribution in [3.05, 3.63) is 64.5 Å². The summed E-state index contributed by atoms with van der Waals surface area (Å²) in [7, 11) is 0. The lowest BCUT2D eigenvalue weighted by atomic mass is 10.2. The van der Waals surface area contributed by atoms with E-state index in [1.54, 1.807) is 39.0 Å². The molecule has 3 aromatic rings. The first kappa shape index (κ1) is 26.1. The second-order valence-corrected chi connectivity index (χ2v) is 9.41. The lowest BCUT2D eigenvalue weighted by Gasteiger charge is -2.27. The first-order valence-electron chi connectivity index (χ1n) is 11.5. The summed E-state index contributed by atoms with van der Waals surface area (Å²) in [4.78, 5) is 39.5. The Bertz CT molecular complexity index is 1380. The maximum absolute atomic E-state index is 13.8. The van der Waals surface area contributed by atoms with Crippen LogP contribution < -0.4 is 14.9 Å². The van der Waals surface area contributed by atoms with Crippen LogP contribution in [0.4, 0.5) is 18.0 Å². The fraction of sp³-hybridized carbons (Fsp3) is 0.346. The lowest BCUT2D eigenvalue weighted by Crippen LogP contribution is -2.44. The summed E-state index contributed by atoms with van der Waals surface area (Å²) >= 11 is 0. The topological polar surface area (TPSA) is 95.3 Å². The number of fused-ring (bicyclic) bond motifs is 1. The SMILES string of the molecule is CC(C)(C)OC(=O)N1CCC[C@H]1C(=O)Oc1ccc2c(=O)c(Oc3ccccc3)c(C(F)(F)F)oc2c1. The molecule has 11 heteroatoms. The van der Waals surface area contributed by atoms with E-state index in [-0.39, 0.29) is 16.9 Å². The lowest BCUT2D eigenvalue weighted by molar-refractivity contribution is -0.154. The molecule has 1 saturated heterocycles. The van der Waals surface area contributed by atoms with E-state index in [0.29, 0.717) is 19.4 Å². The first-order chi connectivity index (χ1) is 17.3. The maximum Gasteiger partial charge on any atom is 0.453 e. The van der Waals surface area contributed by atoms with Gasteiger partial charge in [0.1, 0.15) is 28.7 Å². The summed E-state index contributed by atoms with van der Waals surface area (Å²) < 4.78 is 62.3. The third-order valence-electron chi connectivity index (χ3n) is 5.41. The van der Waals surface area contributed by atoms with E-state index in [9.17, 15) is 27.6 Å². The molecule has 1 atom stereocenters. The molecule has 4 rings (SSSR count). The summed E-state index contributed by atoms with van der Waals surface area (Å²) in [6.45, 7) is 5.38. The minimum Gasteiger partial charge on any atom is -0.449 e. The minimum atomic E-state index is -5.04. The predicted octanol–water partition coefficient (Wildman–Crippen LogP) is 5.91. The molecule has 1 amide bonds. The molecule has 1 fully saturated rings. The number of rotatable bonds is 4. The van der Waals surface area contributed by atoms with Crippen LogP contribution in [0.25, 0.3) is 11.0 Å². The number of benzene rings is 2. The van der Waals surface area contributed by atoms with Crippen LogP contribution in [0, 0.1) is 0 Å². The number of carbonyl (C=O) groups excluding carboxylic acids is 2. The number of alkyl halides is 3. The Hall–Kier alpha value is -4.02. The van der Waals surface area contributed by atoms with E-state index in [0.717, 1.165) is 6.07 Å². The average molecular weight is 519 g/mol. The molecule has 1 aliphatic heterocycles. The van der Waals surface area contributed by atoms with Gasteiger partial charge >= 0.3 is 18.2 Å². The highest BCUT2D eigenvalue weighted by Crippen LogP contribution is 2.38. The molecule has 0 radical (unpaired) electrons. The zero-order valence-corrected chi connectivity index (χ0v) is 20.3. The Kier molecular flexibility index (Phi) is 6.90. The first-order valence-corrected chi connectivity index (χ1v) is 11.5. The smallest absolute Gasteiger partial charge is 0.449 e. The van der Waals surface area contributed by atoms with Crippen LogP contribution in [0.2, 0.25) is 0 Å². The van der Waals surface area contributed by atoms with Gasteiger partial charge in [0.2, 0.25) is 11.2 Å². The number of ether oxygens (including phenoxy) is 3. The molecule has 1 aromatic heterocycles. The van der Waals surface area contributed by atoms with Crippen LogP contribution in [0.5, 0.6) is 17.2 Å². The van der Waals surface area contributed by atoms with Crippen LogP contribution in [0.3, 0.4) is 0 Å². The average Bonchev–Trinajstić information content (AvgIpc) is 3.30. The highest BCUT2D eigenvalue weighted by Gasteiger charge is 2.41. The number of halogens is 3. The van der Waals surface area contributed by atoms with Crippen LogP contribution in [-0.4, -0.2) is 35.2 Å². The summed E-state index contributed by atoms with van der Waals surface area (Å²) in [5.74, 6) is -3.54. The van der Waals surface area contributed by atoms with E-state index >= 15 is 0 Å². The van der Waals surface area contributed by atoms with Gasteiger partial charge in [0, 0.05) is 12.6 Å². The summed E-state index contributed by atoms with van der Waals surface area (Å²) in [5, 5.41) is -0.199. The van der Waals surface area contributed by atoms with Crippen molar-refractivity contribution < 1.29 is 41.4 Å². The molecule has 0 saturated carbocycles. The summed E-state index contributed by atoms with van der Waals surface area (Å²) in [6, 6.07) is 10.0. The number of carbonyl (C=O) groups is 2. The van der Waals surface area contributed by atoms with Gasteiger partial charge in [0.05, 0.1) is 5.39 Å². The normalized spacial score (nSPS) is 16.1. The monoisotopic (exact) mass is 519 g/mol. The van der Waals surface area contributed by atoms with Crippen molar-refractivity contribution in [1.29, 1.82) is 0 Å². The highest BCUT2D eigenvalue weighted by atomic mass is 19.4. The van der Waals surface area contributed by atoms with Crippen molar-refractivity contribution in [2.75, 3.05) is 6.54 Å². The number of likely N-dealkylation sites (tertiary alicyclic amines) is 1. The molecule has 0 spiro atoms. The Labute approximate surface area is 209 Å². The van der Waals surface area contributed by atoms with Crippen molar-refractivity contribution in [3.8, 4) is 17.2 Å². The Morgan fingerprint density at radius 3 is 2.38 bits per heavy atom. The number of amides is 1. The largest absolute Gasteiger partial charge is 0.453 e. The van der Waals surface area contributed by atoms with Crippen LogP contribution >= 0.6 is 0 Å². The molecular formula is C26H24F3NO7. The number of para-hydroxylation sites is 1. The molecule has 196 valence electrons. The molecular weight excluding hydrogens is 495 g/mol. The third kappa shape index (κ3) is 5.87. The van der Waals surface area contributed by atoms with Gasteiger partial charge in [-0.05, 0) is 57.9 Å². The molecule has 0 unspecified atom stereocenters. The standard InChI is InChI=1S/C26H24F3NO7/c1-25(2,3)37-24(33)30-13-7-10-18(30)23(32)35-16-11-12-17-19(14-16)36-22(26(27,28)29)21(20(17)31)34-15-8-5-4-6-9-15/h4-6,8-9,11-12,14,18H,7,10,13H2,1-3H3/t18-/m0/s1. The van der Waals surface area contributed by atoms with Gasteiger partial charge in [-0.15, -0.1) is 0 Å². The van der Waals surface area contributed by atoms with Gasteiger partial charge < -0.3 is 18.6 Å². The summed E-state index contributed by atoms with van der Waals surface area (Å²) in [6.07, 6.45) is -4.83. The zero-order chi connectivity index (χ0) is 27.0. The van der Waals surface area contributed by atoms with Gasteiger partial charge in [-0.2, -0.15) is 13.2 Å². The van der Waals surface area contributed by atoms with Gasteiger partial charge in [-0.1, -0.05) is 18.2 Å². The third-order valence-corrected chi connectivity index (χ3v) is 5.41. The number of nitrogens with zero attached hydrogens (tertiary/aromatic N) is 1. The minimum absolute atomic E-state index is 0.0244. The van der Waals surface area contributed by atoms with E-state index in [1.165, 1.54) is 29.2 Å². The van der Waals surface area contributed by atoms with E-state index in [2.05, 4.69) is 0 Å². The molecule has 0 aliphatic carbocycles. The van der Waals surface area contributed by atoms with Gasteiger partial charge in [-0.25, -0.2) is 9.59 Å². The van der Waals surface area contributed by atoms with Crippen LogP contribution in [0.1, 0.15) is 39.4 Å². The number of hydrogen-bond donors (Lipinski definition) is 0. The van der Waals surface area contributed by atoms with Gasteiger partial charge in [0.15, 0.2) is 0 Å². The fourth-order valence-corrected chi connectivity index (χ4v) is 3.84. The molecule has 0 bridgehead atoms. The quantitative estimate of drug-likeness (QED) is 0.312. The second-order valence-electron chi connectivity index (χ2n) is 9.41. The Morgan fingerprint density at radius 2 is 1.73 bits per heavy atom. The van der Waals surface area contributed by atoms with Crippen molar-refractivity contribution in [1.82, 2.24) is 4.90 Å². The molecule has 2 heterocycles. The van der Waals surface area contributed by atoms with Crippen molar-refractivity contribution in [3.63, 3.8) is 0 Å². The van der Waals surface area contributed by atoms with Crippen molar-refractivity contribution >= 4 is 23.0 Å². The van der Waals surface area contributed by atoms with Crippen molar-refractivity contribution in [2.45, 2.75) is 51.4 Å². The summed E-state index contributed by atoms with van der Waals surface area (Å²) in [5.41, 5.74) is -2.25. The zero-order valence-electron chi connectivity index (χ0n) is 20.3. The molecule has 37 heavy (non-hydrogen) atoms. The maximum atomic E-state index is 13.8. The highest BCUT2D eigenvalue weighted by molar-refractivity contribution is 5.85. The molecule has 0 N–H and O–H groups in total. The van der Waals surface area contributed by atoms with E-state index < -0.39 is 52.4 Å². The van der Waals surface area contributed by atoms with Crippen LogP contribution in [0.15, 0.2) is 57.7 Å². The van der Waals surface area contributed by atoms with Gasteiger partial charge in [-0.3, -0.25) is 9.69 Å². The number of hydrogen-bond acceptors (Lipinski definition) is 7. The van der Waals surface area contributed by atoms with Crippen molar-refractivity contribution in [2.24, 2.45) is 0 Å². The number of esters is 1. The molecule has 1 aliphatic rings. The van der Waals surface area contributed by atoms with Crippen LogP contribution in [-0.2, 0) is 15.7 Å². The van der Waals surface area contributed by atoms with E-state index in [1.807, 2.05) is 0 Å². The Balaban J connectivity index is 1.63. The fourth-order valence-electron chi connectivity index (χ4n) is 3.84. The molecule has 8 nitrogen and oxygen atoms in total. The van der Waals surface area contributed by atoms with E-state index in [4.69, 9.17) is 18.6 Å². The Morgan fingerprint density at radius 1 is 1.03 bits per heavy atom. The van der Waals surface area contributed by atoms with Gasteiger partial charge in [0.25, 0.3) is 5.76 Å². The predicted molar refractivity (Wildman–Crippen MR) is 126 cm³/mol.